The largest absolute Gasteiger partial charge is 1.00 e. The van der Waals surface area contributed by atoms with Crippen molar-refractivity contribution in [2.45, 2.75) is 21.6 Å². The zero-order valence-electron chi connectivity index (χ0n) is 18.5. The number of rotatable bonds is 3. The van der Waals surface area contributed by atoms with Gasteiger partial charge >= 0.3 is 220 Å². The van der Waals surface area contributed by atoms with Crippen molar-refractivity contribution in [3.63, 3.8) is 0 Å². The Balaban J connectivity index is 0.00000127. The summed E-state index contributed by atoms with van der Waals surface area (Å²) in [5, 5.41) is 0. The molecule has 0 amide bonds. The van der Waals surface area contributed by atoms with Gasteiger partial charge in [0.15, 0.2) is 0 Å². The Labute approximate surface area is 251 Å². The van der Waals surface area contributed by atoms with E-state index in [0.717, 1.165) is 0 Å². The zero-order valence-corrected chi connectivity index (χ0v) is 26.5. The van der Waals surface area contributed by atoms with E-state index in [-0.39, 0.29) is 34.0 Å². The van der Waals surface area contributed by atoms with E-state index in [4.69, 9.17) is 0 Å². The smallest absolute Gasteiger partial charge is 1.00 e. The normalized spacial score (nSPS) is 18.1. The van der Waals surface area contributed by atoms with Crippen LogP contribution in [0.4, 0.5) is 0 Å². The third kappa shape index (κ3) is 4.40. The first-order valence-corrected chi connectivity index (χ1v) is 15.3. The molecule has 2 unspecified atom stereocenters. The van der Waals surface area contributed by atoms with E-state index in [0.29, 0.717) is 11.8 Å². The van der Waals surface area contributed by atoms with Gasteiger partial charge in [0.2, 0.25) is 0 Å². The second-order valence-corrected chi connectivity index (χ2v) is 14.2. The maximum atomic E-state index is 3.88. The van der Waals surface area contributed by atoms with Crippen LogP contribution in [-0.2, 0) is 23.2 Å². The van der Waals surface area contributed by atoms with Crippen LogP contribution in [0.3, 0.4) is 0 Å². The molecule has 35 heavy (non-hydrogen) atoms. The molecule has 170 valence electrons. The molecule has 4 aromatic rings. The summed E-state index contributed by atoms with van der Waals surface area (Å²) in [6.07, 6.45) is 5.07. The van der Waals surface area contributed by atoms with Crippen molar-refractivity contribution in [3.05, 3.63) is 135 Å². The van der Waals surface area contributed by atoms with Crippen molar-refractivity contribution >= 4 is 39.8 Å². The summed E-state index contributed by atoms with van der Waals surface area (Å²) in [5.41, 5.74) is 8.62. The summed E-state index contributed by atoms with van der Waals surface area (Å²) in [7, 11) is 0. The Morgan fingerprint density at radius 2 is 1.37 bits per heavy atom. The van der Waals surface area contributed by atoms with Crippen LogP contribution in [0.2, 0.25) is 0 Å². The van der Waals surface area contributed by atoms with Crippen LogP contribution in [0.25, 0.3) is 12.2 Å². The van der Waals surface area contributed by atoms with Crippen LogP contribution in [-0.4, -0.2) is 0 Å². The van der Waals surface area contributed by atoms with Crippen molar-refractivity contribution in [2.75, 3.05) is 0 Å². The number of hydrogen-bond acceptors (Lipinski definition) is 1. The van der Waals surface area contributed by atoms with E-state index in [1.807, 2.05) is 11.8 Å². The monoisotopic (exact) mass is 738 g/mol. The number of fused-ring (bicyclic) bond motifs is 3. The Morgan fingerprint density at radius 3 is 2.17 bits per heavy atom. The molecule has 2 atom stereocenters. The molecular formula is C30H19Br3SZr. The Hall–Kier alpha value is -0.967. The van der Waals surface area contributed by atoms with Gasteiger partial charge in [0, 0.05) is 0 Å². The van der Waals surface area contributed by atoms with Crippen LogP contribution < -0.4 is 34.0 Å². The Morgan fingerprint density at radius 1 is 0.657 bits per heavy atom. The fourth-order valence-electron chi connectivity index (χ4n) is 5.44. The van der Waals surface area contributed by atoms with Crippen molar-refractivity contribution < 1.29 is 57.2 Å². The van der Waals surface area contributed by atoms with Gasteiger partial charge in [-0.1, -0.05) is 0 Å². The third-order valence-corrected chi connectivity index (χ3v) is 12.2. The first-order valence-electron chi connectivity index (χ1n) is 11.2. The Bertz CT molecular complexity index is 1480. The second kappa shape index (κ2) is 10.4. The molecule has 5 heteroatoms. The van der Waals surface area contributed by atoms with Gasteiger partial charge in [-0.05, 0) is 0 Å². The van der Waals surface area contributed by atoms with Gasteiger partial charge in [-0.2, -0.15) is 0 Å². The molecule has 6 bridgehead atoms. The summed E-state index contributed by atoms with van der Waals surface area (Å²) in [4.78, 5) is 2.72. The van der Waals surface area contributed by atoms with Crippen LogP contribution >= 0.6 is 27.7 Å². The van der Waals surface area contributed by atoms with Crippen molar-refractivity contribution in [2.24, 2.45) is 0 Å². The fraction of sp³-hybridized carbons (Fsp3) is 0.0667. The molecule has 0 spiro atoms. The molecule has 0 fully saturated rings. The van der Waals surface area contributed by atoms with Gasteiger partial charge in [0.1, 0.15) is 0 Å². The van der Waals surface area contributed by atoms with Gasteiger partial charge < -0.3 is 34.0 Å². The molecule has 0 nitrogen and oxygen atoms in total. The van der Waals surface area contributed by atoms with Gasteiger partial charge in [0.05, 0.1) is 0 Å². The predicted octanol–water partition coefficient (Wildman–Crippen LogP) is 2.68. The summed E-state index contributed by atoms with van der Waals surface area (Å²) in [6.45, 7) is 0. The molecule has 0 saturated carbocycles. The molecule has 0 saturated heterocycles. The number of allylic oxidation sites excluding steroid dienone is 2. The minimum atomic E-state index is -1.03. The van der Waals surface area contributed by atoms with E-state index in [9.17, 15) is 0 Å². The fourth-order valence-corrected chi connectivity index (χ4v) is 11.2. The van der Waals surface area contributed by atoms with E-state index in [1.165, 1.54) is 47.6 Å². The zero-order chi connectivity index (χ0) is 21.9. The standard InChI is InChI=1S/C15H10Br.C15H9S.2BrH.Zr/c16-14-8-4-7-12-9-10-13(15(12)14)11-5-2-1-3-6-11;1-2-13-12-8-9-14(13)15(3-1)16-11-6-4-10(12)5-7-11;;;/h1-9,13H;1-7,9,12H;2*1H;/q;;;;+2/p-2. The first-order chi connectivity index (χ1) is 16.3. The molecule has 2 aliphatic carbocycles. The SMILES string of the molecule is Brc1cccc2c1C(c1ccccc1)[C]([Zr+2][C]1=Cc3c4cccc3C1c1ccc(cc1)S4)=C2.[Br-].[Br-]. The number of halogens is 3. The molecule has 2 heterocycles. The maximum Gasteiger partial charge on any atom is -1.00 e. The summed E-state index contributed by atoms with van der Waals surface area (Å²) in [5.74, 6) is 0.765. The molecule has 4 aromatic carbocycles. The number of hydrogen-bond donors (Lipinski definition) is 0. The summed E-state index contributed by atoms with van der Waals surface area (Å²) in [6, 6.07) is 33.9. The molecule has 8 rings (SSSR count). The molecule has 0 radical (unpaired) electrons. The van der Waals surface area contributed by atoms with Gasteiger partial charge in [-0.15, -0.1) is 0 Å². The number of benzene rings is 4. The maximum absolute atomic E-state index is 3.88. The average Bonchev–Trinajstić information content (AvgIpc) is 3.40. The van der Waals surface area contributed by atoms with Crippen LogP contribution in [0.15, 0.2) is 112 Å². The van der Waals surface area contributed by atoms with Crippen LogP contribution in [0, 0.1) is 0 Å². The van der Waals surface area contributed by atoms with Gasteiger partial charge in [0.25, 0.3) is 0 Å². The van der Waals surface area contributed by atoms with Crippen molar-refractivity contribution in [1.82, 2.24) is 0 Å². The summed E-state index contributed by atoms with van der Waals surface area (Å²) >= 11 is 4.75. The third-order valence-electron chi connectivity index (χ3n) is 6.88. The molecule has 4 aliphatic rings. The van der Waals surface area contributed by atoms with Crippen molar-refractivity contribution in [1.29, 1.82) is 0 Å². The quantitative estimate of drug-likeness (QED) is 0.312. The Kier molecular flexibility index (Phi) is 7.64. The van der Waals surface area contributed by atoms with Crippen LogP contribution in [0.5, 0.6) is 0 Å². The first kappa shape index (κ1) is 25.7. The van der Waals surface area contributed by atoms with E-state index >= 15 is 0 Å². The van der Waals surface area contributed by atoms with E-state index in [1.54, 1.807) is 6.56 Å². The minimum absolute atomic E-state index is 0. The van der Waals surface area contributed by atoms with E-state index < -0.39 is 23.2 Å². The van der Waals surface area contributed by atoms with Gasteiger partial charge in [-0.25, -0.2) is 0 Å². The second-order valence-electron chi connectivity index (χ2n) is 8.77. The topological polar surface area (TPSA) is 0 Å². The molecule has 2 aliphatic heterocycles. The van der Waals surface area contributed by atoms with Crippen LogP contribution in [0.1, 0.15) is 45.2 Å². The molecule has 0 aromatic heterocycles. The minimum Gasteiger partial charge on any atom is -1.00 e. The predicted molar refractivity (Wildman–Crippen MR) is 137 cm³/mol. The van der Waals surface area contributed by atoms with E-state index in [2.05, 4.69) is 119 Å². The van der Waals surface area contributed by atoms with Crippen molar-refractivity contribution in [3.8, 4) is 0 Å². The molecule has 0 N–H and O–H groups in total. The average molecular weight is 742 g/mol. The molecular weight excluding hydrogens is 723 g/mol. The van der Waals surface area contributed by atoms with Gasteiger partial charge in [-0.3, -0.25) is 0 Å². The summed E-state index contributed by atoms with van der Waals surface area (Å²) < 4.78 is 4.55.